The van der Waals surface area contributed by atoms with Crippen LogP contribution in [0.15, 0.2) is 0 Å². The summed E-state index contributed by atoms with van der Waals surface area (Å²) < 4.78 is 0. The van der Waals surface area contributed by atoms with Crippen LogP contribution in [0.3, 0.4) is 0 Å². The van der Waals surface area contributed by atoms with E-state index in [0.717, 1.165) is 19.3 Å². The summed E-state index contributed by atoms with van der Waals surface area (Å²) in [6.07, 6.45) is 3.75. The van der Waals surface area contributed by atoms with Crippen molar-refractivity contribution >= 4 is 5.97 Å². The summed E-state index contributed by atoms with van der Waals surface area (Å²) >= 11 is 0. The van der Waals surface area contributed by atoms with E-state index in [9.17, 15) is 9.90 Å². The molecule has 3 heteroatoms. The lowest BCUT2D eigenvalue weighted by Gasteiger charge is -2.29. The Hall–Kier alpha value is -0.570. The molecule has 0 spiro atoms. The molecule has 0 aromatic heterocycles. The van der Waals surface area contributed by atoms with E-state index >= 15 is 0 Å². The molecule has 0 aliphatic heterocycles. The van der Waals surface area contributed by atoms with Gasteiger partial charge >= 0.3 is 5.97 Å². The minimum Gasteiger partial charge on any atom is -0.481 e. The molecule has 0 aliphatic carbocycles. The fraction of sp³-hybridized carbons (Fsp3) is 0.909. The first-order chi connectivity index (χ1) is 6.45. The Kier molecular flexibility index (Phi) is 5.77. The van der Waals surface area contributed by atoms with Crippen LogP contribution in [-0.2, 0) is 4.79 Å². The molecule has 0 amide bonds. The molecule has 14 heavy (non-hydrogen) atoms. The van der Waals surface area contributed by atoms with Gasteiger partial charge in [-0.05, 0) is 19.8 Å². The SMILES string of the molecule is CCCCC(C(=O)O)C(C)(O)CCC. The molecule has 3 nitrogen and oxygen atoms in total. The Morgan fingerprint density at radius 3 is 2.29 bits per heavy atom. The molecule has 0 saturated heterocycles. The molecule has 2 atom stereocenters. The fourth-order valence-electron chi connectivity index (χ4n) is 1.79. The lowest BCUT2D eigenvalue weighted by Crippen LogP contribution is -2.39. The topological polar surface area (TPSA) is 57.5 Å². The largest absolute Gasteiger partial charge is 0.481 e. The second-order valence-corrected chi connectivity index (χ2v) is 4.14. The van der Waals surface area contributed by atoms with Gasteiger partial charge in [-0.25, -0.2) is 0 Å². The standard InChI is InChI=1S/C11H22O3/c1-4-6-7-9(10(12)13)11(3,14)8-5-2/h9,14H,4-8H2,1-3H3,(H,12,13). The first-order valence-electron chi connectivity index (χ1n) is 5.40. The van der Waals surface area contributed by atoms with Crippen LogP contribution in [0, 0.1) is 5.92 Å². The van der Waals surface area contributed by atoms with Gasteiger partial charge in [-0.1, -0.05) is 33.1 Å². The van der Waals surface area contributed by atoms with Gasteiger partial charge in [0.1, 0.15) is 0 Å². The van der Waals surface area contributed by atoms with Crippen molar-refractivity contribution in [3.05, 3.63) is 0 Å². The third kappa shape index (κ3) is 4.09. The third-order valence-corrected chi connectivity index (χ3v) is 2.65. The summed E-state index contributed by atoms with van der Waals surface area (Å²) in [4.78, 5) is 11.0. The Balaban J connectivity index is 4.38. The summed E-state index contributed by atoms with van der Waals surface area (Å²) in [5.74, 6) is -1.50. The minimum absolute atomic E-state index is 0.549. The van der Waals surface area contributed by atoms with Gasteiger partial charge in [-0.2, -0.15) is 0 Å². The molecule has 0 aromatic rings. The van der Waals surface area contributed by atoms with Crippen LogP contribution in [-0.4, -0.2) is 21.8 Å². The van der Waals surface area contributed by atoms with E-state index in [0.29, 0.717) is 12.8 Å². The van der Waals surface area contributed by atoms with Crippen molar-refractivity contribution in [2.45, 2.75) is 58.5 Å². The molecule has 2 N–H and O–H groups in total. The monoisotopic (exact) mass is 202 g/mol. The molecule has 0 radical (unpaired) electrons. The predicted molar refractivity (Wildman–Crippen MR) is 56.2 cm³/mol. The van der Waals surface area contributed by atoms with Crippen LogP contribution in [0.2, 0.25) is 0 Å². The molecule has 0 aliphatic rings. The van der Waals surface area contributed by atoms with Crippen molar-refractivity contribution < 1.29 is 15.0 Å². The number of carboxylic acid groups (broad SMARTS) is 1. The van der Waals surface area contributed by atoms with Gasteiger partial charge in [-0.15, -0.1) is 0 Å². The number of carboxylic acids is 1. The quantitative estimate of drug-likeness (QED) is 0.666. The Morgan fingerprint density at radius 1 is 1.36 bits per heavy atom. The van der Waals surface area contributed by atoms with Gasteiger partial charge in [0.15, 0.2) is 0 Å². The van der Waals surface area contributed by atoms with Crippen LogP contribution in [0.1, 0.15) is 52.9 Å². The van der Waals surface area contributed by atoms with Crippen LogP contribution >= 0.6 is 0 Å². The zero-order valence-electron chi connectivity index (χ0n) is 9.42. The fourth-order valence-corrected chi connectivity index (χ4v) is 1.79. The summed E-state index contributed by atoms with van der Waals surface area (Å²) in [6.45, 7) is 5.60. The number of rotatable bonds is 7. The lowest BCUT2D eigenvalue weighted by atomic mass is 9.82. The van der Waals surface area contributed by atoms with Gasteiger partial charge in [0.2, 0.25) is 0 Å². The highest BCUT2D eigenvalue weighted by molar-refractivity contribution is 5.71. The highest BCUT2D eigenvalue weighted by Gasteiger charge is 2.35. The van der Waals surface area contributed by atoms with Crippen molar-refractivity contribution in [1.29, 1.82) is 0 Å². The maximum atomic E-state index is 11.0. The highest BCUT2D eigenvalue weighted by atomic mass is 16.4. The zero-order valence-corrected chi connectivity index (χ0v) is 9.42. The Morgan fingerprint density at radius 2 is 1.93 bits per heavy atom. The highest BCUT2D eigenvalue weighted by Crippen LogP contribution is 2.27. The van der Waals surface area contributed by atoms with Crippen LogP contribution in [0.5, 0.6) is 0 Å². The summed E-state index contributed by atoms with van der Waals surface area (Å²) in [5.41, 5.74) is -1.06. The van der Waals surface area contributed by atoms with Crippen molar-refractivity contribution in [1.82, 2.24) is 0 Å². The average Bonchev–Trinajstić information content (AvgIpc) is 2.03. The Labute approximate surface area is 86.1 Å². The first kappa shape index (κ1) is 13.4. The van der Waals surface area contributed by atoms with Crippen molar-refractivity contribution in [3.63, 3.8) is 0 Å². The molecule has 0 fully saturated rings. The molecule has 0 rings (SSSR count). The molecule has 0 saturated carbocycles. The molecule has 0 heterocycles. The number of hydrogen-bond donors (Lipinski definition) is 2. The Bertz CT molecular complexity index is 175. The summed E-state index contributed by atoms with van der Waals surface area (Å²) in [5, 5.41) is 19.0. The van der Waals surface area contributed by atoms with Gasteiger partial charge in [0, 0.05) is 0 Å². The summed E-state index contributed by atoms with van der Waals surface area (Å²) in [7, 11) is 0. The van der Waals surface area contributed by atoms with Gasteiger partial charge in [0.25, 0.3) is 0 Å². The lowest BCUT2D eigenvalue weighted by molar-refractivity contribution is -0.152. The molecule has 0 aromatic carbocycles. The van der Waals surface area contributed by atoms with E-state index in [-0.39, 0.29) is 0 Å². The number of carbonyl (C=O) groups is 1. The van der Waals surface area contributed by atoms with E-state index in [1.807, 2.05) is 13.8 Å². The molecule has 2 unspecified atom stereocenters. The van der Waals surface area contributed by atoms with Crippen molar-refractivity contribution in [2.24, 2.45) is 5.92 Å². The second-order valence-electron chi connectivity index (χ2n) is 4.14. The predicted octanol–water partition coefficient (Wildman–Crippen LogP) is 2.43. The van der Waals surface area contributed by atoms with E-state index in [1.165, 1.54) is 0 Å². The maximum absolute atomic E-state index is 11.0. The zero-order chi connectivity index (χ0) is 11.2. The van der Waals surface area contributed by atoms with Gasteiger partial charge < -0.3 is 10.2 Å². The van der Waals surface area contributed by atoms with Crippen LogP contribution in [0.25, 0.3) is 0 Å². The maximum Gasteiger partial charge on any atom is 0.309 e. The van der Waals surface area contributed by atoms with Crippen LogP contribution < -0.4 is 0 Å². The molecule has 84 valence electrons. The summed E-state index contributed by atoms with van der Waals surface area (Å²) in [6, 6.07) is 0. The number of unbranched alkanes of at least 4 members (excludes halogenated alkanes) is 1. The second kappa shape index (κ2) is 6.02. The van der Waals surface area contributed by atoms with Crippen LogP contribution in [0.4, 0.5) is 0 Å². The smallest absolute Gasteiger partial charge is 0.309 e. The first-order valence-corrected chi connectivity index (χ1v) is 5.40. The van der Waals surface area contributed by atoms with E-state index < -0.39 is 17.5 Å². The van der Waals surface area contributed by atoms with E-state index in [4.69, 9.17) is 5.11 Å². The van der Waals surface area contributed by atoms with E-state index in [1.54, 1.807) is 6.92 Å². The minimum atomic E-state index is -1.06. The third-order valence-electron chi connectivity index (χ3n) is 2.65. The normalized spacial score (nSPS) is 17.4. The van der Waals surface area contributed by atoms with Gasteiger partial charge in [0.05, 0.1) is 11.5 Å². The van der Waals surface area contributed by atoms with E-state index in [2.05, 4.69) is 0 Å². The molecular weight excluding hydrogens is 180 g/mol. The van der Waals surface area contributed by atoms with Gasteiger partial charge in [-0.3, -0.25) is 4.79 Å². The molecular formula is C11H22O3. The number of aliphatic hydroxyl groups is 1. The number of aliphatic carboxylic acids is 1. The van der Waals surface area contributed by atoms with Crippen molar-refractivity contribution in [3.8, 4) is 0 Å². The molecule has 0 bridgehead atoms. The van der Waals surface area contributed by atoms with Crippen molar-refractivity contribution in [2.75, 3.05) is 0 Å². The average molecular weight is 202 g/mol. The number of hydrogen-bond acceptors (Lipinski definition) is 2.